The monoisotopic (exact) mass is 420 g/mol. The van der Waals surface area contributed by atoms with E-state index in [1.165, 1.54) is 12.0 Å². The zero-order valence-corrected chi connectivity index (χ0v) is 18.0. The van der Waals surface area contributed by atoms with Crippen LogP contribution in [0.2, 0.25) is 0 Å². The fourth-order valence-corrected chi connectivity index (χ4v) is 5.91. The summed E-state index contributed by atoms with van der Waals surface area (Å²) in [4.78, 5) is 4.50. The lowest BCUT2D eigenvalue weighted by atomic mass is 9.71. The number of fused-ring (bicyclic) bond motifs is 4. The Labute approximate surface area is 185 Å². The van der Waals surface area contributed by atoms with Crippen molar-refractivity contribution in [3.8, 4) is 0 Å². The molecule has 0 spiro atoms. The standard InChI is InChI=1S/C26H29N2O.ClH/c1-2-20-18-28(17-19-8-4-3-5-9-19)15-13-21(20)16-25(28)26(29)23-12-14-27-24-11-7-6-10-22(23)24;/h2-12,14,20-21,25-26,29H,1,13,15-18H2;1H/q+1;/p-1/t20?,21?,25?,26-,28?;/m0./s1. The number of para-hydroxylation sites is 1. The quantitative estimate of drug-likeness (QED) is 0.505. The molecular weight excluding hydrogens is 392 g/mol. The van der Waals surface area contributed by atoms with Crippen molar-refractivity contribution in [1.82, 2.24) is 4.98 Å². The molecule has 3 aromatic rings. The van der Waals surface area contributed by atoms with Crippen LogP contribution in [0.3, 0.4) is 0 Å². The van der Waals surface area contributed by atoms with E-state index >= 15 is 0 Å². The Morgan fingerprint density at radius 3 is 2.67 bits per heavy atom. The highest BCUT2D eigenvalue weighted by Crippen LogP contribution is 2.47. The molecule has 0 saturated carbocycles. The molecule has 4 heterocycles. The lowest BCUT2D eigenvalue weighted by molar-refractivity contribution is -0.984. The number of rotatable bonds is 5. The van der Waals surface area contributed by atoms with Gasteiger partial charge in [0.25, 0.3) is 0 Å². The molecule has 0 aliphatic carbocycles. The Hall–Kier alpha value is -2.20. The van der Waals surface area contributed by atoms with Gasteiger partial charge in [0.15, 0.2) is 0 Å². The molecule has 156 valence electrons. The molecule has 2 aromatic carbocycles. The predicted molar refractivity (Wildman–Crippen MR) is 117 cm³/mol. The lowest BCUT2D eigenvalue weighted by Gasteiger charge is -2.58. The van der Waals surface area contributed by atoms with Crippen LogP contribution in [-0.4, -0.2) is 33.7 Å². The molecule has 1 N–H and O–H groups in total. The molecule has 4 heteroatoms. The minimum absolute atomic E-state index is 0. The van der Waals surface area contributed by atoms with E-state index in [9.17, 15) is 5.11 Å². The van der Waals surface area contributed by atoms with Crippen molar-refractivity contribution in [2.24, 2.45) is 11.8 Å². The van der Waals surface area contributed by atoms with Gasteiger partial charge in [0.05, 0.1) is 18.6 Å². The van der Waals surface area contributed by atoms with Gasteiger partial charge in [0.1, 0.15) is 18.7 Å². The molecule has 5 atom stereocenters. The summed E-state index contributed by atoms with van der Waals surface area (Å²) in [5.74, 6) is 1.18. The Morgan fingerprint density at radius 1 is 1.10 bits per heavy atom. The molecule has 3 nitrogen and oxygen atoms in total. The van der Waals surface area contributed by atoms with Crippen molar-refractivity contribution in [2.75, 3.05) is 13.1 Å². The number of aliphatic hydroxyl groups excluding tert-OH is 1. The van der Waals surface area contributed by atoms with E-state index < -0.39 is 6.10 Å². The molecule has 30 heavy (non-hydrogen) atoms. The molecule has 3 saturated heterocycles. The van der Waals surface area contributed by atoms with Gasteiger partial charge in [-0.05, 0) is 23.6 Å². The van der Waals surface area contributed by atoms with Crippen LogP contribution in [0.15, 0.2) is 79.5 Å². The summed E-state index contributed by atoms with van der Waals surface area (Å²) in [6.07, 6.45) is 5.79. The van der Waals surface area contributed by atoms with Gasteiger partial charge in [-0.15, -0.1) is 6.58 Å². The Morgan fingerprint density at radius 2 is 1.87 bits per heavy atom. The maximum atomic E-state index is 11.7. The van der Waals surface area contributed by atoms with Gasteiger partial charge in [0.2, 0.25) is 0 Å². The molecule has 1 aromatic heterocycles. The zero-order chi connectivity index (χ0) is 19.8. The predicted octanol–water partition coefficient (Wildman–Crippen LogP) is 1.88. The van der Waals surface area contributed by atoms with Crippen LogP contribution in [-0.2, 0) is 6.54 Å². The van der Waals surface area contributed by atoms with Crippen LogP contribution in [0, 0.1) is 11.8 Å². The summed E-state index contributed by atoms with van der Waals surface area (Å²) in [5, 5.41) is 12.8. The lowest BCUT2D eigenvalue weighted by Crippen LogP contribution is -3.00. The first-order valence-corrected chi connectivity index (χ1v) is 10.7. The molecule has 6 rings (SSSR count). The van der Waals surface area contributed by atoms with Crippen LogP contribution in [0.5, 0.6) is 0 Å². The average Bonchev–Trinajstić information content (AvgIpc) is 2.78. The molecule has 3 fully saturated rings. The van der Waals surface area contributed by atoms with E-state index in [4.69, 9.17) is 0 Å². The number of piperidine rings is 3. The normalized spacial score (nSPS) is 28.6. The number of halogens is 1. The van der Waals surface area contributed by atoms with E-state index in [0.717, 1.165) is 47.0 Å². The van der Waals surface area contributed by atoms with Crippen LogP contribution in [0.1, 0.15) is 30.1 Å². The van der Waals surface area contributed by atoms with Gasteiger partial charge in [-0.1, -0.05) is 54.6 Å². The van der Waals surface area contributed by atoms with Crippen LogP contribution < -0.4 is 12.4 Å². The van der Waals surface area contributed by atoms with Crippen molar-refractivity contribution < 1.29 is 22.0 Å². The first kappa shape index (κ1) is 21.0. The Kier molecular flexibility index (Phi) is 5.97. The molecule has 0 radical (unpaired) electrons. The second kappa shape index (κ2) is 8.50. The van der Waals surface area contributed by atoms with Crippen LogP contribution >= 0.6 is 0 Å². The Balaban J connectivity index is 0.00000218. The van der Waals surface area contributed by atoms with Crippen LogP contribution in [0.25, 0.3) is 10.9 Å². The maximum absolute atomic E-state index is 11.7. The van der Waals surface area contributed by atoms with Gasteiger partial charge in [-0.25, -0.2) is 0 Å². The van der Waals surface area contributed by atoms with Gasteiger partial charge in [0, 0.05) is 35.9 Å². The van der Waals surface area contributed by atoms with Crippen molar-refractivity contribution in [2.45, 2.75) is 31.5 Å². The number of hydrogen-bond donors (Lipinski definition) is 1. The van der Waals surface area contributed by atoms with Gasteiger partial charge >= 0.3 is 0 Å². The van der Waals surface area contributed by atoms with E-state index in [-0.39, 0.29) is 18.4 Å². The second-order valence-corrected chi connectivity index (χ2v) is 8.88. The molecule has 4 unspecified atom stereocenters. The second-order valence-electron chi connectivity index (χ2n) is 8.88. The summed E-state index contributed by atoms with van der Waals surface area (Å²) in [6, 6.07) is 21.2. The van der Waals surface area contributed by atoms with Crippen LogP contribution in [0.4, 0.5) is 0 Å². The number of hydrogen-bond acceptors (Lipinski definition) is 2. The van der Waals surface area contributed by atoms with Crippen molar-refractivity contribution in [3.63, 3.8) is 0 Å². The first-order chi connectivity index (χ1) is 14.2. The topological polar surface area (TPSA) is 33.1 Å². The van der Waals surface area contributed by atoms with Crippen molar-refractivity contribution >= 4 is 10.9 Å². The number of benzene rings is 2. The molecule has 0 amide bonds. The average molecular weight is 421 g/mol. The van der Waals surface area contributed by atoms with Gasteiger partial charge < -0.3 is 22.0 Å². The number of pyridine rings is 1. The summed E-state index contributed by atoms with van der Waals surface area (Å²) in [5.41, 5.74) is 3.33. The van der Waals surface area contributed by atoms with E-state index in [1.807, 2.05) is 30.5 Å². The Bertz CT molecular complexity index is 1020. The summed E-state index contributed by atoms with van der Waals surface area (Å²) in [7, 11) is 0. The molecule has 2 bridgehead atoms. The number of aromatic nitrogens is 1. The largest absolute Gasteiger partial charge is 1.00 e. The van der Waals surface area contributed by atoms with E-state index in [1.54, 1.807) is 0 Å². The third-order valence-electron chi connectivity index (χ3n) is 7.38. The molecule has 3 aliphatic heterocycles. The number of quaternary nitrogens is 1. The summed E-state index contributed by atoms with van der Waals surface area (Å²) >= 11 is 0. The molecular formula is C26H29ClN2O. The SMILES string of the molecule is C=CC1C[N+]2(Cc3ccccc3)CCC1CC2[C@@H](O)c1ccnc2ccccc12.[Cl-]. The minimum atomic E-state index is -0.486. The smallest absolute Gasteiger partial charge is 0.131 e. The third kappa shape index (κ3) is 3.56. The zero-order valence-electron chi connectivity index (χ0n) is 17.2. The van der Waals surface area contributed by atoms with E-state index in [2.05, 4.69) is 54.0 Å². The number of aliphatic hydroxyl groups is 1. The molecule has 3 aliphatic rings. The fourth-order valence-electron chi connectivity index (χ4n) is 5.91. The summed E-state index contributed by atoms with van der Waals surface area (Å²) in [6.45, 7) is 7.32. The summed E-state index contributed by atoms with van der Waals surface area (Å²) < 4.78 is 0.953. The van der Waals surface area contributed by atoms with Gasteiger partial charge in [-0.2, -0.15) is 0 Å². The highest BCUT2D eigenvalue weighted by molar-refractivity contribution is 5.82. The van der Waals surface area contributed by atoms with Crippen molar-refractivity contribution in [3.05, 3.63) is 90.6 Å². The first-order valence-electron chi connectivity index (χ1n) is 10.7. The third-order valence-corrected chi connectivity index (χ3v) is 7.38. The minimum Gasteiger partial charge on any atom is -1.00 e. The van der Waals surface area contributed by atoms with E-state index in [0.29, 0.717) is 11.8 Å². The number of nitrogens with zero attached hydrogens (tertiary/aromatic N) is 2. The highest BCUT2D eigenvalue weighted by Gasteiger charge is 2.53. The fraction of sp³-hybridized carbons (Fsp3) is 0.346. The highest BCUT2D eigenvalue weighted by atomic mass is 35.5. The van der Waals surface area contributed by atoms with Gasteiger partial charge in [-0.3, -0.25) is 4.98 Å². The van der Waals surface area contributed by atoms with Crippen molar-refractivity contribution in [1.29, 1.82) is 0 Å². The maximum Gasteiger partial charge on any atom is 0.131 e.